The molecule has 0 unspecified atom stereocenters. The molecule has 0 fully saturated rings. The zero-order valence-electron chi connectivity index (χ0n) is 14.6. The number of anilines is 1. The number of halogens is 3. The number of nitrogen functional groups attached to an aromatic ring is 1. The first-order valence-electron chi connectivity index (χ1n) is 7.96. The molecule has 0 aliphatic heterocycles. The van der Waals surface area contributed by atoms with Crippen molar-refractivity contribution >= 4 is 28.5 Å². The van der Waals surface area contributed by atoms with Crippen molar-refractivity contribution in [3.05, 3.63) is 53.7 Å². The highest BCUT2D eigenvalue weighted by Crippen LogP contribution is 2.40. The first-order valence-corrected chi connectivity index (χ1v) is 7.96. The fourth-order valence-corrected chi connectivity index (χ4v) is 2.64. The minimum Gasteiger partial charge on any atom is -0.455 e. The Morgan fingerprint density at radius 2 is 1.93 bits per heavy atom. The predicted molar refractivity (Wildman–Crippen MR) is 98.2 cm³/mol. The standard InChI is InChI=1S/C18H16F3N5O2/c1-26(17(23)24)16(27)13-8-11-12(18(19,20)21)5-6-14(15(11)25-13)28-10-4-2-3-9(22)7-10/h2-8,25H,22H2,1H3,(H3,23,24). The molecule has 0 atom stereocenters. The van der Waals surface area contributed by atoms with Crippen LogP contribution in [0.2, 0.25) is 0 Å². The van der Waals surface area contributed by atoms with Crippen LogP contribution in [-0.4, -0.2) is 28.8 Å². The van der Waals surface area contributed by atoms with Crippen molar-refractivity contribution in [2.45, 2.75) is 6.18 Å². The second-order valence-electron chi connectivity index (χ2n) is 6.00. The number of ether oxygens (including phenoxy) is 1. The first-order chi connectivity index (χ1) is 13.1. The molecule has 0 spiro atoms. The molecule has 0 aliphatic carbocycles. The number of amides is 1. The molecule has 0 radical (unpaired) electrons. The van der Waals surface area contributed by atoms with Crippen LogP contribution in [0.4, 0.5) is 18.9 Å². The highest BCUT2D eigenvalue weighted by atomic mass is 19.4. The van der Waals surface area contributed by atoms with Crippen LogP contribution in [0.3, 0.4) is 0 Å². The summed E-state index contributed by atoms with van der Waals surface area (Å²) >= 11 is 0. The van der Waals surface area contributed by atoms with E-state index in [-0.39, 0.29) is 22.3 Å². The Morgan fingerprint density at radius 1 is 1.21 bits per heavy atom. The number of nitrogens with two attached hydrogens (primary N) is 2. The molecule has 10 heteroatoms. The molecule has 6 N–H and O–H groups in total. The quantitative estimate of drug-likeness (QED) is 0.310. The van der Waals surface area contributed by atoms with Crippen LogP contribution in [0.15, 0.2) is 42.5 Å². The van der Waals surface area contributed by atoms with Gasteiger partial charge in [-0.15, -0.1) is 0 Å². The summed E-state index contributed by atoms with van der Waals surface area (Å²) in [5.74, 6) is -0.898. The minimum atomic E-state index is -4.64. The number of nitrogens with zero attached hydrogens (tertiary/aromatic N) is 1. The summed E-state index contributed by atoms with van der Waals surface area (Å²) in [7, 11) is 1.24. The molecule has 1 aromatic heterocycles. The first kappa shape index (κ1) is 19.1. The van der Waals surface area contributed by atoms with Crippen LogP contribution < -0.4 is 16.2 Å². The lowest BCUT2D eigenvalue weighted by atomic mass is 10.1. The fourth-order valence-electron chi connectivity index (χ4n) is 2.64. The number of alkyl halides is 3. The van der Waals surface area contributed by atoms with E-state index in [0.29, 0.717) is 11.4 Å². The second-order valence-corrected chi connectivity index (χ2v) is 6.00. The Kier molecular flexibility index (Phi) is 4.63. The molecule has 3 aromatic rings. The van der Waals surface area contributed by atoms with Gasteiger partial charge in [0.25, 0.3) is 5.91 Å². The van der Waals surface area contributed by atoms with Gasteiger partial charge in [0.2, 0.25) is 0 Å². The Bertz CT molecular complexity index is 1070. The number of nitrogens with one attached hydrogen (secondary N) is 2. The third-order valence-corrected chi connectivity index (χ3v) is 4.04. The summed E-state index contributed by atoms with van der Waals surface area (Å²) in [5.41, 5.74) is 10.3. The van der Waals surface area contributed by atoms with E-state index in [2.05, 4.69) is 4.98 Å². The van der Waals surface area contributed by atoms with Gasteiger partial charge in [0, 0.05) is 24.2 Å². The number of benzene rings is 2. The number of carbonyl (C=O) groups excluding carboxylic acids is 1. The van der Waals surface area contributed by atoms with Gasteiger partial charge in [0.1, 0.15) is 11.4 Å². The highest BCUT2D eigenvalue weighted by molar-refractivity contribution is 6.06. The van der Waals surface area contributed by atoms with Gasteiger partial charge in [0.05, 0.1) is 11.1 Å². The number of hydrogen-bond donors (Lipinski definition) is 4. The number of guanidine groups is 1. The topological polar surface area (TPSA) is 121 Å². The largest absolute Gasteiger partial charge is 0.455 e. The molecule has 0 bridgehead atoms. The Hall–Kier alpha value is -3.69. The Morgan fingerprint density at radius 3 is 2.54 bits per heavy atom. The molecule has 7 nitrogen and oxygen atoms in total. The second kappa shape index (κ2) is 6.80. The maximum absolute atomic E-state index is 13.4. The van der Waals surface area contributed by atoms with Crippen molar-refractivity contribution in [3.8, 4) is 11.5 Å². The third kappa shape index (κ3) is 3.56. The van der Waals surface area contributed by atoms with Gasteiger partial charge in [-0.2, -0.15) is 13.2 Å². The average molecular weight is 391 g/mol. The third-order valence-electron chi connectivity index (χ3n) is 4.04. The van der Waals surface area contributed by atoms with Crippen molar-refractivity contribution in [1.29, 1.82) is 5.41 Å². The smallest absolute Gasteiger partial charge is 0.417 e. The van der Waals surface area contributed by atoms with E-state index in [9.17, 15) is 18.0 Å². The highest BCUT2D eigenvalue weighted by Gasteiger charge is 2.34. The maximum atomic E-state index is 13.4. The minimum absolute atomic E-state index is 0.0162. The van der Waals surface area contributed by atoms with Gasteiger partial charge in [-0.3, -0.25) is 15.1 Å². The van der Waals surface area contributed by atoms with E-state index >= 15 is 0 Å². The summed E-state index contributed by atoms with van der Waals surface area (Å²) in [5, 5.41) is 7.08. The predicted octanol–water partition coefficient (Wildman–Crippen LogP) is 3.53. The molecule has 28 heavy (non-hydrogen) atoms. The van der Waals surface area contributed by atoms with Gasteiger partial charge in [0.15, 0.2) is 11.7 Å². The van der Waals surface area contributed by atoms with Crippen molar-refractivity contribution in [2.24, 2.45) is 5.73 Å². The SMILES string of the molecule is CN(C(=N)N)C(=O)c1cc2c(C(F)(F)F)ccc(Oc3cccc(N)c3)c2[nH]1. The van der Waals surface area contributed by atoms with Crippen LogP contribution in [0, 0.1) is 5.41 Å². The molecule has 1 heterocycles. The van der Waals surface area contributed by atoms with Crippen LogP contribution in [0.5, 0.6) is 11.5 Å². The van der Waals surface area contributed by atoms with E-state index in [1.54, 1.807) is 18.2 Å². The maximum Gasteiger partial charge on any atom is 0.417 e. The van der Waals surface area contributed by atoms with Crippen LogP contribution >= 0.6 is 0 Å². The molecule has 3 rings (SSSR count). The number of hydrogen-bond acceptors (Lipinski definition) is 4. The number of rotatable bonds is 3. The zero-order chi connectivity index (χ0) is 20.6. The molecule has 0 saturated heterocycles. The van der Waals surface area contributed by atoms with Crippen molar-refractivity contribution < 1.29 is 22.7 Å². The number of aromatic amines is 1. The Labute approximate surface area is 157 Å². The van der Waals surface area contributed by atoms with Crippen LogP contribution in [0.25, 0.3) is 10.9 Å². The molecule has 0 aliphatic rings. The number of H-pyrrole nitrogens is 1. The van der Waals surface area contributed by atoms with Crippen LogP contribution in [0.1, 0.15) is 16.1 Å². The summed E-state index contributed by atoms with van der Waals surface area (Å²) in [4.78, 5) is 15.8. The average Bonchev–Trinajstić information content (AvgIpc) is 3.05. The van der Waals surface area contributed by atoms with Crippen LogP contribution in [-0.2, 0) is 6.18 Å². The van der Waals surface area contributed by atoms with Gasteiger partial charge >= 0.3 is 6.18 Å². The number of aromatic nitrogens is 1. The number of fused-ring (bicyclic) bond motifs is 1. The molecule has 0 saturated carbocycles. The van der Waals surface area contributed by atoms with Gasteiger partial charge < -0.3 is 21.2 Å². The number of carbonyl (C=O) groups is 1. The Balaban J connectivity index is 2.15. The lowest BCUT2D eigenvalue weighted by Gasteiger charge is -2.13. The summed E-state index contributed by atoms with van der Waals surface area (Å²) in [6.45, 7) is 0. The van der Waals surface area contributed by atoms with E-state index in [4.69, 9.17) is 21.6 Å². The van der Waals surface area contributed by atoms with E-state index in [1.165, 1.54) is 13.1 Å². The molecular formula is C18H16F3N5O2. The zero-order valence-corrected chi connectivity index (χ0v) is 14.6. The van der Waals surface area contributed by atoms with Gasteiger partial charge in [-0.05, 0) is 30.3 Å². The van der Waals surface area contributed by atoms with Crippen molar-refractivity contribution in [3.63, 3.8) is 0 Å². The summed E-state index contributed by atoms with van der Waals surface area (Å²) in [6, 6.07) is 9.48. The van der Waals surface area contributed by atoms with Crippen molar-refractivity contribution in [1.82, 2.24) is 9.88 Å². The lowest BCUT2D eigenvalue weighted by Crippen LogP contribution is -2.38. The lowest BCUT2D eigenvalue weighted by molar-refractivity contribution is -0.136. The van der Waals surface area contributed by atoms with Crippen molar-refractivity contribution in [2.75, 3.05) is 12.8 Å². The monoisotopic (exact) mass is 391 g/mol. The molecular weight excluding hydrogens is 375 g/mol. The summed E-state index contributed by atoms with van der Waals surface area (Å²) in [6.07, 6.45) is -4.64. The normalized spacial score (nSPS) is 11.4. The van der Waals surface area contributed by atoms with E-state index in [1.807, 2.05) is 0 Å². The van der Waals surface area contributed by atoms with Gasteiger partial charge in [-0.25, -0.2) is 0 Å². The molecule has 146 valence electrons. The summed E-state index contributed by atoms with van der Waals surface area (Å²) < 4.78 is 45.9. The molecule has 2 aromatic carbocycles. The van der Waals surface area contributed by atoms with E-state index < -0.39 is 23.6 Å². The molecule has 1 amide bonds. The van der Waals surface area contributed by atoms with E-state index in [0.717, 1.165) is 23.1 Å². The fraction of sp³-hybridized carbons (Fsp3) is 0.111. The van der Waals surface area contributed by atoms with Gasteiger partial charge in [-0.1, -0.05) is 6.07 Å².